The minimum Gasteiger partial charge on any atom is -0.422 e. The third-order valence-electron chi connectivity index (χ3n) is 3.50. The summed E-state index contributed by atoms with van der Waals surface area (Å²) in [5.41, 5.74) is 3.21. The second kappa shape index (κ2) is 9.63. The normalized spacial score (nSPS) is 10.5. The second-order valence-electron chi connectivity index (χ2n) is 5.60. The van der Waals surface area contributed by atoms with E-state index in [0.29, 0.717) is 26.9 Å². The molecule has 0 bridgehead atoms. The molecule has 0 aliphatic heterocycles. The average molecular weight is 428 g/mol. The lowest BCUT2D eigenvalue weighted by Gasteiger charge is -2.04. The molecule has 1 heterocycles. The number of nitrogens with one attached hydrogen (secondary N) is 2. The van der Waals surface area contributed by atoms with Crippen molar-refractivity contribution < 1.29 is 19.1 Å². The van der Waals surface area contributed by atoms with E-state index in [9.17, 15) is 14.4 Å². The molecule has 2 N–H and O–H groups in total. The summed E-state index contributed by atoms with van der Waals surface area (Å²) >= 11 is 7.06. The van der Waals surface area contributed by atoms with Crippen LogP contribution in [0.25, 0.3) is 0 Å². The van der Waals surface area contributed by atoms with Gasteiger partial charge in [-0.3, -0.25) is 9.59 Å². The highest BCUT2D eigenvalue weighted by Gasteiger charge is 2.12. The van der Waals surface area contributed by atoms with E-state index in [1.54, 1.807) is 66.0 Å². The molecule has 3 aromatic rings. The smallest absolute Gasteiger partial charge is 0.353 e. The van der Waals surface area contributed by atoms with Crippen LogP contribution in [0.15, 0.2) is 71.1 Å². The van der Waals surface area contributed by atoms with Gasteiger partial charge in [-0.25, -0.2) is 10.2 Å². The first kappa shape index (κ1) is 20.2. The number of anilines is 1. The number of hydrogen-bond acceptors (Lipinski definition) is 6. The summed E-state index contributed by atoms with van der Waals surface area (Å²) < 4.78 is 5.25. The van der Waals surface area contributed by atoms with E-state index in [4.69, 9.17) is 16.3 Å². The van der Waals surface area contributed by atoms with E-state index < -0.39 is 17.8 Å². The fraction of sp³-hybridized carbons (Fsp3) is 0. The van der Waals surface area contributed by atoms with E-state index in [2.05, 4.69) is 15.8 Å². The number of carbonyl (C=O) groups excluding carboxylic acids is 3. The Morgan fingerprint density at radius 2 is 1.69 bits per heavy atom. The van der Waals surface area contributed by atoms with Gasteiger partial charge in [-0.2, -0.15) is 5.10 Å². The SMILES string of the molecule is O=C(N/N=C\c1ccc(OC(=O)c2cccs2)cc1)C(=O)Nc1ccc(Cl)cc1. The molecule has 2 aromatic carbocycles. The first-order chi connectivity index (χ1) is 14.0. The van der Waals surface area contributed by atoms with Crippen LogP contribution in [0.5, 0.6) is 5.75 Å². The molecule has 0 aliphatic rings. The van der Waals surface area contributed by atoms with Gasteiger partial charge in [0.25, 0.3) is 0 Å². The van der Waals surface area contributed by atoms with Crippen LogP contribution in [0.4, 0.5) is 5.69 Å². The van der Waals surface area contributed by atoms with Crippen LogP contribution in [0.2, 0.25) is 5.02 Å². The number of nitrogens with zero attached hydrogens (tertiary/aromatic N) is 1. The average Bonchev–Trinajstić information content (AvgIpc) is 3.26. The van der Waals surface area contributed by atoms with Crippen LogP contribution < -0.4 is 15.5 Å². The van der Waals surface area contributed by atoms with Crippen LogP contribution >= 0.6 is 22.9 Å². The minimum absolute atomic E-state index is 0.381. The highest BCUT2D eigenvalue weighted by molar-refractivity contribution is 7.12. The van der Waals surface area contributed by atoms with Crippen molar-refractivity contribution in [3.8, 4) is 5.75 Å². The van der Waals surface area contributed by atoms with E-state index in [-0.39, 0.29) is 0 Å². The molecule has 0 spiro atoms. The third kappa shape index (κ3) is 6.00. The van der Waals surface area contributed by atoms with Gasteiger partial charge in [-0.1, -0.05) is 17.7 Å². The molecule has 7 nitrogen and oxygen atoms in total. The Bertz CT molecular complexity index is 1030. The maximum atomic E-state index is 11.9. The molecule has 0 saturated heterocycles. The minimum atomic E-state index is -0.919. The number of ether oxygens (including phenoxy) is 1. The predicted molar refractivity (Wildman–Crippen MR) is 112 cm³/mol. The van der Waals surface area contributed by atoms with Crippen molar-refractivity contribution in [2.24, 2.45) is 5.10 Å². The molecule has 29 heavy (non-hydrogen) atoms. The Balaban J connectivity index is 1.49. The van der Waals surface area contributed by atoms with Gasteiger partial charge < -0.3 is 10.1 Å². The van der Waals surface area contributed by atoms with Crippen LogP contribution in [0.1, 0.15) is 15.2 Å². The van der Waals surface area contributed by atoms with Gasteiger partial charge in [-0.15, -0.1) is 11.3 Å². The molecule has 0 fully saturated rings. The Morgan fingerprint density at radius 1 is 0.966 bits per heavy atom. The number of hydrogen-bond donors (Lipinski definition) is 2. The first-order valence-electron chi connectivity index (χ1n) is 8.27. The van der Waals surface area contributed by atoms with Crippen LogP contribution in [-0.2, 0) is 9.59 Å². The van der Waals surface area contributed by atoms with Crippen LogP contribution in [0.3, 0.4) is 0 Å². The Kier molecular flexibility index (Phi) is 6.72. The molecule has 0 aliphatic carbocycles. The number of benzene rings is 2. The number of carbonyl (C=O) groups is 3. The van der Waals surface area contributed by atoms with E-state index in [0.717, 1.165) is 0 Å². The monoisotopic (exact) mass is 427 g/mol. The van der Waals surface area contributed by atoms with Gasteiger partial charge >= 0.3 is 17.8 Å². The molecule has 0 atom stereocenters. The van der Waals surface area contributed by atoms with Crippen molar-refractivity contribution >= 4 is 52.6 Å². The summed E-state index contributed by atoms with van der Waals surface area (Å²) in [6, 6.07) is 16.3. The quantitative estimate of drug-likeness (QED) is 0.213. The largest absolute Gasteiger partial charge is 0.422 e. The molecule has 146 valence electrons. The Hall–Kier alpha value is -3.49. The van der Waals surface area contributed by atoms with Gasteiger partial charge in [0, 0.05) is 10.7 Å². The Labute approximate surface area is 175 Å². The van der Waals surface area contributed by atoms with Crippen molar-refractivity contribution in [2.45, 2.75) is 0 Å². The summed E-state index contributed by atoms with van der Waals surface area (Å²) in [5, 5.41) is 8.47. The zero-order valence-electron chi connectivity index (χ0n) is 14.8. The number of halogens is 1. The molecule has 3 rings (SSSR count). The van der Waals surface area contributed by atoms with Crippen molar-refractivity contribution in [1.29, 1.82) is 0 Å². The number of hydrazone groups is 1. The molecular formula is C20H14ClN3O4S. The van der Waals surface area contributed by atoms with Crippen LogP contribution in [0, 0.1) is 0 Å². The predicted octanol–water partition coefficient (Wildman–Crippen LogP) is 3.71. The summed E-state index contributed by atoms with van der Waals surface area (Å²) in [5.74, 6) is -1.83. The van der Waals surface area contributed by atoms with Crippen molar-refractivity contribution in [3.05, 3.63) is 81.5 Å². The van der Waals surface area contributed by atoms with Gasteiger partial charge in [0.15, 0.2) is 0 Å². The highest BCUT2D eigenvalue weighted by atomic mass is 35.5. The standard InChI is InChI=1S/C20H14ClN3O4S/c21-14-5-7-15(8-6-14)23-18(25)19(26)24-22-12-13-3-9-16(10-4-13)28-20(27)17-2-1-11-29-17/h1-12H,(H,23,25)(H,24,26)/b22-12-. The van der Waals surface area contributed by atoms with Crippen molar-refractivity contribution in [1.82, 2.24) is 5.43 Å². The summed E-state index contributed by atoms with van der Waals surface area (Å²) in [6.45, 7) is 0. The molecule has 0 saturated carbocycles. The van der Waals surface area contributed by atoms with Crippen LogP contribution in [-0.4, -0.2) is 24.0 Å². The lowest BCUT2D eigenvalue weighted by atomic mass is 10.2. The third-order valence-corrected chi connectivity index (χ3v) is 4.60. The fourth-order valence-corrected chi connectivity index (χ4v) is 2.84. The zero-order valence-corrected chi connectivity index (χ0v) is 16.4. The first-order valence-corrected chi connectivity index (χ1v) is 9.53. The highest BCUT2D eigenvalue weighted by Crippen LogP contribution is 2.16. The van der Waals surface area contributed by atoms with Crippen molar-refractivity contribution in [3.63, 3.8) is 0 Å². The molecule has 1 aromatic heterocycles. The fourth-order valence-electron chi connectivity index (χ4n) is 2.11. The lowest BCUT2D eigenvalue weighted by molar-refractivity contribution is -0.136. The topological polar surface area (TPSA) is 96.9 Å². The van der Waals surface area contributed by atoms with Crippen molar-refractivity contribution in [2.75, 3.05) is 5.32 Å². The maximum Gasteiger partial charge on any atom is 0.353 e. The molecule has 0 unspecified atom stereocenters. The van der Waals surface area contributed by atoms with E-state index >= 15 is 0 Å². The maximum absolute atomic E-state index is 11.9. The van der Waals surface area contributed by atoms with E-state index in [1.165, 1.54) is 17.6 Å². The number of thiophene rings is 1. The Morgan fingerprint density at radius 3 is 2.34 bits per heavy atom. The number of rotatable bonds is 5. The summed E-state index contributed by atoms with van der Waals surface area (Å²) in [6.07, 6.45) is 1.36. The summed E-state index contributed by atoms with van der Waals surface area (Å²) in [7, 11) is 0. The van der Waals surface area contributed by atoms with Gasteiger partial charge in [0.2, 0.25) is 0 Å². The molecular weight excluding hydrogens is 414 g/mol. The summed E-state index contributed by atoms with van der Waals surface area (Å²) in [4.78, 5) is 36.0. The van der Waals surface area contributed by atoms with Gasteiger partial charge in [0.05, 0.1) is 6.21 Å². The lowest BCUT2D eigenvalue weighted by Crippen LogP contribution is -2.32. The van der Waals surface area contributed by atoms with E-state index in [1.807, 2.05) is 0 Å². The number of esters is 1. The molecule has 2 amide bonds. The molecule has 9 heteroatoms. The zero-order chi connectivity index (χ0) is 20.6. The van der Waals surface area contributed by atoms with Gasteiger partial charge in [0.1, 0.15) is 10.6 Å². The number of amides is 2. The second-order valence-corrected chi connectivity index (χ2v) is 6.98. The van der Waals surface area contributed by atoms with Gasteiger partial charge in [-0.05, 0) is 65.5 Å². The molecule has 0 radical (unpaired) electrons.